The van der Waals surface area contributed by atoms with E-state index in [0.29, 0.717) is 5.92 Å². The van der Waals surface area contributed by atoms with E-state index in [2.05, 4.69) is 25.4 Å². The van der Waals surface area contributed by atoms with E-state index < -0.39 is 0 Å². The van der Waals surface area contributed by atoms with Gasteiger partial charge in [0, 0.05) is 32.7 Å². The van der Waals surface area contributed by atoms with E-state index in [4.69, 9.17) is 0 Å². The fraction of sp³-hybridized carbons (Fsp3) is 0.667. The van der Waals surface area contributed by atoms with Crippen LogP contribution >= 0.6 is 0 Å². The predicted molar refractivity (Wildman–Crippen MR) is 30.4 cm³/mol. The Bertz CT molecular complexity index is 57.5. The Hall–Kier alpha value is 1.06. The normalized spacial score (nSPS) is 30.0. The zero-order valence-electron chi connectivity index (χ0n) is 5.30. The van der Waals surface area contributed by atoms with Crippen molar-refractivity contribution in [2.45, 2.75) is 6.42 Å². The predicted octanol–water partition coefficient (Wildman–Crippen LogP) is 0.931. The molecule has 0 N–H and O–H groups in total. The largest absolute Gasteiger partial charge is 0.461 e. The van der Waals surface area contributed by atoms with Crippen LogP contribution < -0.4 is 0 Å². The van der Waals surface area contributed by atoms with Gasteiger partial charge in [-0.15, -0.1) is 0 Å². The van der Waals surface area contributed by atoms with Crippen molar-refractivity contribution < 1.29 is 32.7 Å². The van der Waals surface area contributed by atoms with Crippen molar-refractivity contribution >= 4 is 0 Å². The maximum absolute atomic E-state index is 3.89. The molecule has 0 aromatic heterocycles. The molecule has 1 fully saturated rings. The van der Waals surface area contributed by atoms with Crippen molar-refractivity contribution in [2.24, 2.45) is 5.92 Å². The van der Waals surface area contributed by atoms with Gasteiger partial charge in [0.05, 0.1) is 0 Å². The van der Waals surface area contributed by atoms with Crippen LogP contribution in [0.4, 0.5) is 0 Å². The smallest absolute Gasteiger partial charge is 0 e. The molecule has 0 bridgehead atoms. The molecular weight excluding hydrogens is 175 g/mol. The third kappa shape index (κ3) is 2.56. The number of hydrogen-bond donors (Lipinski definition) is 0. The maximum Gasteiger partial charge on any atom is 0 e. The molecule has 1 atom stereocenters. The van der Waals surface area contributed by atoms with Gasteiger partial charge in [-0.05, 0) is 13.6 Å². The summed E-state index contributed by atoms with van der Waals surface area (Å²) in [4.78, 5) is 2.19. The molecule has 8 heavy (non-hydrogen) atoms. The van der Waals surface area contributed by atoms with Gasteiger partial charge in [0.2, 0.25) is 0 Å². The second kappa shape index (κ2) is 3.97. The zero-order valence-corrected chi connectivity index (χ0v) is 8.14. The minimum atomic E-state index is 0. The molecule has 0 spiro atoms. The molecular formula is C6H11NY-2. The van der Waals surface area contributed by atoms with Crippen molar-refractivity contribution in [2.75, 3.05) is 13.6 Å². The Balaban J connectivity index is 0.000000490. The maximum atomic E-state index is 3.89. The van der Waals surface area contributed by atoms with Crippen molar-refractivity contribution in [3.8, 4) is 0 Å². The summed E-state index contributed by atoms with van der Waals surface area (Å²) in [6, 6.07) is 0. The van der Waals surface area contributed by atoms with Gasteiger partial charge >= 0.3 is 0 Å². The van der Waals surface area contributed by atoms with Gasteiger partial charge < -0.3 is 11.8 Å². The second-order valence-electron chi connectivity index (χ2n) is 2.18. The van der Waals surface area contributed by atoms with Crippen LogP contribution in [0.1, 0.15) is 6.42 Å². The average Bonchev–Trinajstić information content (AvgIpc) is 1.87. The number of nitrogens with zero attached hydrogens (tertiary/aromatic N) is 1. The molecule has 1 heterocycles. The number of hydrogen-bond acceptors (Lipinski definition) is 1. The fourth-order valence-electron chi connectivity index (χ4n) is 0.878. The number of likely N-dealkylation sites (tertiary alicyclic amines) is 1. The van der Waals surface area contributed by atoms with Crippen LogP contribution in [-0.2, 0) is 32.7 Å². The summed E-state index contributed by atoms with van der Waals surface area (Å²) >= 11 is 0. The van der Waals surface area contributed by atoms with Gasteiger partial charge in [-0.25, -0.2) is 0 Å². The Morgan fingerprint density at radius 2 is 2.38 bits per heavy atom. The van der Waals surface area contributed by atoms with Crippen molar-refractivity contribution in [3.63, 3.8) is 0 Å². The second-order valence-corrected chi connectivity index (χ2v) is 2.18. The van der Waals surface area contributed by atoms with Gasteiger partial charge in [-0.1, -0.05) is 6.42 Å². The SMILES string of the molecule is [CH2-]C1[CH-]N(C)CC1.[Y]. The van der Waals surface area contributed by atoms with Crippen molar-refractivity contribution in [1.82, 2.24) is 4.90 Å². The van der Waals surface area contributed by atoms with Gasteiger partial charge in [0.1, 0.15) is 0 Å². The minimum absolute atomic E-state index is 0. The first kappa shape index (κ1) is 9.06. The van der Waals surface area contributed by atoms with Crippen LogP contribution in [-0.4, -0.2) is 18.5 Å². The first-order valence-electron chi connectivity index (χ1n) is 2.67. The molecule has 1 aliphatic rings. The summed E-state index contributed by atoms with van der Waals surface area (Å²) in [6.45, 7) is 7.25. The van der Waals surface area contributed by atoms with Crippen molar-refractivity contribution in [1.29, 1.82) is 0 Å². The molecule has 0 aliphatic carbocycles. The molecule has 1 nitrogen and oxygen atoms in total. The molecule has 0 saturated carbocycles. The van der Waals surface area contributed by atoms with Gasteiger partial charge in [-0.3, -0.25) is 12.5 Å². The molecule has 1 unspecified atom stereocenters. The summed E-state index contributed by atoms with van der Waals surface area (Å²) in [5, 5.41) is 0. The molecule has 0 aromatic rings. The molecule has 1 radical (unpaired) electrons. The number of rotatable bonds is 0. The Kier molecular flexibility index (Phi) is 4.50. The van der Waals surface area contributed by atoms with E-state index >= 15 is 0 Å². The molecule has 1 saturated heterocycles. The van der Waals surface area contributed by atoms with Gasteiger partial charge in [0.15, 0.2) is 0 Å². The third-order valence-corrected chi connectivity index (χ3v) is 1.32. The van der Waals surface area contributed by atoms with E-state index in [1.54, 1.807) is 0 Å². The summed E-state index contributed by atoms with van der Waals surface area (Å²) in [6.07, 6.45) is 1.23. The molecule has 45 valence electrons. The standard InChI is InChI=1S/C6H11N.Y/c1-6-3-4-7(2)5-6;/h5-6H,1,3-4H2,2H3;/q-2;. The van der Waals surface area contributed by atoms with Gasteiger partial charge in [-0.2, -0.15) is 0 Å². The summed E-state index contributed by atoms with van der Waals surface area (Å²) in [5.41, 5.74) is 0. The van der Waals surface area contributed by atoms with Crippen LogP contribution in [0, 0.1) is 19.4 Å². The van der Waals surface area contributed by atoms with Crippen LogP contribution in [0.3, 0.4) is 0 Å². The van der Waals surface area contributed by atoms with Crippen LogP contribution in [0.2, 0.25) is 0 Å². The Morgan fingerprint density at radius 3 is 2.50 bits per heavy atom. The molecule has 1 aliphatic heterocycles. The minimum Gasteiger partial charge on any atom is -0.461 e. The van der Waals surface area contributed by atoms with Gasteiger partial charge in [0.25, 0.3) is 0 Å². The first-order chi connectivity index (χ1) is 3.29. The van der Waals surface area contributed by atoms with E-state index in [-0.39, 0.29) is 32.7 Å². The van der Waals surface area contributed by atoms with Crippen LogP contribution in [0.25, 0.3) is 0 Å². The van der Waals surface area contributed by atoms with Crippen LogP contribution in [0.15, 0.2) is 0 Å². The monoisotopic (exact) mass is 186 g/mol. The van der Waals surface area contributed by atoms with E-state index in [1.165, 1.54) is 13.0 Å². The summed E-state index contributed by atoms with van der Waals surface area (Å²) in [5.74, 6) is 0.574. The Labute approximate surface area is 76.7 Å². The van der Waals surface area contributed by atoms with E-state index in [9.17, 15) is 0 Å². The molecule has 2 heteroatoms. The van der Waals surface area contributed by atoms with E-state index in [0.717, 1.165) is 0 Å². The fourth-order valence-corrected chi connectivity index (χ4v) is 0.878. The third-order valence-electron chi connectivity index (χ3n) is 1.32. The average molecular weight is 186 g/mol. The molecule has 0 aromatic carbocycles. The summed E-state index contributed by atoms with van der Waals surface area (Å²) in [7, 11) is 2.09. The topological polar surface area (TPSA) is 3.24 Å². The quantitative estimate of drug-likeness (QED) is 0.508. The molecule has 0 amide bonds. The Morgan fingerprint density at radius 1 is 1.75 bits per heavy atom. The van der Waals surface area contributed by atoms with Crippen LogP contribution in [0.5, 0.6) is 0 Å². The molecule has 1 rings (SSSR count). The zero-order chi connectivity index (χ0) is 5.28. The first-order valence-corrected chi connectivity index (χ1v) is 2.67. The van der Waals surface area contributed by atoms with E-state index in [1.807, 2.05) is 0 Å². The van der Waals surface area contributed by atoms with Crippen molar-refractivity contribution in [3.05, 3.63) is 13.5 Å². The summed E-state index contributed by atoms with van der Waals surface area (Å²) < 4.78 is 0.